The Labute approximate surface area is 205 Å². The lowest BCUT2D eigenvalue weighted by atomic mass is 10.0. The third-order valence-corrected chi connectivity index (χ3v) is 7.14. The van der Waals surface area contributed by atoms with E-state index in [-0.39, 0.29) is 6.10 Å². The highest BCUT2D eigenvalue weighted by molar-refractivity contribution is 5.59. The number of hydrogen-bond donors (Lipinski definition) is 1. The Morgan fingerprint density at radius 2 is 1.97 bits per heavy atom. The first-order chi connectivity index (χ1) is 16.5. The highest BCUT2D eigenvalue weighted by Gasteiger charge is 2.28. The molecule has 5 heteroatoms. The molecule has 2 aliphatic heterocycles. The van der Waals surface area contributed by atoms with Crippen molar-refractivity contribution in [2.45, 2.75) is 70.4 Å². The Bertz CT molecular complexity index is 919. The number of para-hydroxylation sites is 1. The van der Waals surface area contributed by atoms with Gasteiger partial charge in [0, 0.05) is 37.3 Å². The molecule has 2 aromatic carbocycles. The summed E-state index contributed by atoms with van der Waals surface area (Å²) in [5.74, 6) is 0.914. The first-order valence-corrected chi connectivity index (χ1v) is 12.8. The highest BCUT2D eigenvalue weighted by Crippen LogP contribution is 2.30. The van der Waals surface area contributed by atoms with E-state index in [9.17, 15) is 5.11 Å². The van der Waals surface area contributed by atoms with Crippen LogP contribution in [0.3, 0.4) is 0 Å². The molecule has 2 aliphatic rings. The van der Waals surface area contributed by atoms with Crippen molar-refractivity contribution in [1.82, 2.24) is 4.90 Å². The van der Waals surface area contributed by atoms with Gasteiger partial charge in [0.15, 0.2) is 6.29 Å². The number of fused-ring (bicyclic) bond motifs is 1. The molecule has 184 valence electrons. The van der Waals surface area contributed by atoms with Crippen molar-refractivity contribution < 1.29 is 14.6 Å². The standard InChI is InChI=1S/C29H40N2O3/c1-22(31-18-16-25-10-4-5-11-28(25)31)8-6-9-24-12-14-27(15-13-24)33-19-7-17-30(3)26-20-23(2)34-29(32)21-26/h4-6,9-15,22-23,26,29,32H,7-8,16-21H2,1-3H3/b9-6-. The van der Waals surface area contributed by atoms with Gasteiger partial charge in [0.25, 0.3) is 0 Å². The molecular weight excluding hydrogens is 424 g/mol. The van der Waals surface area contributed by atoms with E-state index in [1.807, 2.05) is 6.92 Å². The van der Waals surface area contributed by atoms with Crippen molar-refractivity contribution in [3.8, 4) is 5.75 Å². The van der Waals surface area contributed by atoms with Gasteiger partial charge in [-0.1, -0.05) is 42.5 Å². The molecule has 0 saturated carbocycles. The van der Waals surface area contributed by atoms with Crippen LogP contribution in [0.4, 0.5) is 5.69 Å². The minimum absolute atomic E-state index is 0.111. The van der Waals surface area contributed by atoms with Crippen molar-refractivity contribution in [2.24, 2.45) is 0 Å². The number of aliphatic hydroxyl groups excluding tert-OH is 1. The number of ether oxygens (including phenoxy) is 2. The minimum atomic E-state index is -0.639. The van der Waals surface area contributed by atoms with E-state index in [1.165, 1.54) is 16.8 Å². The Balaban J connectivity index is 1.16. The summed E-state index contributed by atoms with van der Waals surface area (Å²) in [6, 6.07) is 18.0. The van der Waals surface area contributed by atoms with Crippen molar-refractivity contribution in [2.75, 3.05) is 31.6 Å². The van der Waals surface area contributed by atoms with E-state index in [1.54, 1.807) is 0 Å². The highest BCUT2D eigenvalue weighted by atomic mass is 16.6. The number of rotatable bonds is 10. The van der Waals surface area contributed by atoms with E-state index in [4.69, 9.17) is 9.47 Å². The molecule has 2 heterocycles. The van der Waals surface area contributed by atoms with Gasteiger partial charge in [0.2, 0.25) is 0 Å². The Morgan fingerprint density at radius 1 is 1.18 bits per heavy atom. The van der Waals surface area contributed by atoms with Crippen molar-refractivity contribution in [1.29, 1.82) is 0 Å². The molecule has 0 bridgehead atoms. The van der Waals surface area contributed by atoms with Crippen LogP contribution in [0.2, 0.25) is 0 Å². The van der Waals surface area contributed by atoms with Gasteiger partial charge < -0.3 is 24.4 Å². The number of aliphatic hydroxyl groups is 1. The summed E-state index contributed by atoms with van der Waals surface area (Å²) in [5, 5.41) is 9.83. The molecule has 4 unspecified atom stereocenters. The van der Waals surface area contributed by atoms with Crippen LogP contribution in [0.25, 0.3) is 6.08 Å². The predicted molar refractivity (Wildman–Crippen MR) is 139 cm³/mol. The summed E-state index contributed by atoms with van der Waals surface area (Å²) in [5.41, 5.74) is 4.07. The third kappa shape index (κ3) is 6.62. The van der Waals surface area contributed by atoms with Crippen LogP contribution < -0.4 is 9.64 Å². The topological polar surface area (TPSA) is 45.2 Å². The van der Waals surface area contributed by atoms with Crippen LogP contribution in [0.15, 0.2) is 54.6 Å². The van der Waals surface area contributed by atoms with Gasteiger partial charge in [-0.15, -0.1) is 0 Å². The summed E-state index contributed by atoms with van der Waals surface area (Å²) in [6.45, 7) is 7.09. The fourth-order valence-electron chi connectivity index (χ4n) is 5.16. The Morgan fingerprint density at radius 3 is 2.76 bits per heavy atom. The lowest BCUT2D eigenvalue weighted by molar-refractivity contribution is -0.173. The minimum Gasteiger partial charge on any atom is -0.494 e. The lowest BCUT2D eigenvalue weighted by Gasteiger charge is -2.36. The molecular formula is C29H40N2O3. The molecule has 0 spiro atoms. The maximum absolute atomic E-state index is 9.83. The van der Waals surface area contributed by atoms with Crippen molar-refractivity contribution in [3.05, 3.63) is 65.7 Å². The molecule has 0 aromatic heterocycles. The SMILES string of the molecule is CC1CC(N(C)CCCOc2ccc(/C=C\CC(C)N3CCc4ccccc43)cc2)CC(O)O1. The fraction of sp³-hybridized carbons (Fsp3) is 0.517. The molecule has 34 heavy (non-hydrogen) atoms. The van der Waals surface area contributed by atoms with E-state index in [0.29, 0.717) is 25.1 Å². The summed E-state index contributed by atoms with van der Waals surface area (Å²) >= 11 is 0. The summed E-state index contributed by atoms with van der Waals surface area (Å²) in [6.07, 6.45) is 8.75. The van der Waals surface area contributed by atoms with Gasteiger partial charge in [-0.3, -0.25) is 0 Å². The zero-order valence-electron chi connectivity index (χ0n) is 20.9. The summed E-state index contributed by atoms with van der Waals surface area (Å²) < 4.78 is 11.4. The largest absolute Gasteiger partial charge is 0.494 e. The van der Waals surface area contributed by atoms with E-state index < -0.39 is 6.29 Å². The predicted octanol–water partition coefficient (Wildman–Crippen LogP) is 5.13. The number of nitrogens with zero attached hydrogens (tertiary/aromatic N) is 2. The zero-order chi connectivity index (χ0) is 23.9. The van der Waals surface area contributed by atoms with Crippen LogP contribution in [-0.2, 0) is 11.2 Å². The first-order valence-electron chi connectivity index (χ1n) is 12.8. The van der Waals surface area contributed by atoms with Gasteiger partial charge in [0.1, 0.15) is 5.75 Å². The molecule has 2 aromatic rings. The van der Waals surface area contributed by atoms with Crippen LogP contribution in [0.1, 0.15) is 50.7 Å². The monoisotopic (exact) mass is 464 g/mol. The zero-order valence-corrected chi connectivity index (χ0v) is 20.9. The second-order valence-corrected chi connectivity index (χ2v) is 9.84. The van der Waals surface area contributed by atoms with Gasteiger partial charge in [0.05, 0.1) is 12.7 Å². The molecule has 1 N–H and O–H groups in total. The molecule has 0 aliphatic carbocycles. The second-order valence-electron chi connectivity index (χ2n) is 9.84. The first kappa shape index (κ1) is 24.8. The van der Waals surface area contributed by atoms with Crippen LogP contribution >= 0.6 is 0 Å². The lowest BCUT2D eigenvalue weighted by Crippen LogP contribution is -2.43. The molecule has 4 atom stereocenters. The maximum Gasteiger partial charge on any atom is 0.156 e. The smallest absolute Gasteiger partial charge is 0.156 e. The number of benzene rings is 2. The van der Waals surface area contributed by atoms with Gasteiger partial charge in [-0.05, 0) is 75.9 Å². The molecule has 5 nitrogen and oxygen atoms in total. The third-order valence-electron chi connectivity index (χ3n) is 7.14. The van der Waals surface area contributed by atoms with Crippen molar-refractivity contribution in [3.63, 3.8) is 0 Å². The molecule has 0 amide bonds. The van der Waals surface area contributed by atoms with E-state index in [2.05, 4.69) is 84.5 Å². The van der Waals surface area contributed by atoms with Gasteiger partial charge in [-0.25, -0.2) is 0 Å². The normalized spacial score (nSPS) is 23.4. The quantitative estimate of drug-likeness (QED) is 0.494. The van der Waals surface area contributed by atoms with Crippen molar-refractivity contribution >= 4 is 11.8 Å². The molecule has 0 radical (unpaired) electrons. The molecule has 1 fully saturated rings. The van der Waals surface area contributed by atoms with E-state index >= 15 is 0 Å². The Hall–Kier alpha value is -2.34. The van der Waals surface area contributed by atoms with Gasteiger partial charge >= 0.3 is 0 Å². The van der Waals surface area contributed by atoms with Gasteiger partial charge in [-0.2, -0.15) is 0 Å². The maximum atomic E-state index is 9.83. The Kier molecular flexibility index (Phi) is 8.65. The van der Waals surface area contributed by atoms with Crippen LogP contribution in [0.5, 0.6) is 5.75 Å². The molecule has 4 rings (SSSR count). The second kappa shape index (κ2) is 11.9. The average molecular weight is 465 g/mol. The summed E-state index contributed by atoms with van der Waals surface area (Å²) in [7, 11) is 2.12. The number of hydrogen-bond acceptors (Lipinski definition) is 5. The van der Waals surface area contributed by atoms with Crippen LogP contribution in [-0.4, -0.2) is 61.2 Å². The average Bonchev–Trinajstić information content (AvgIpc) is 3.26. The number of anilines is 1. The van der Waals surface area contributed by atoms with E-state index in [0.717, 1.165) is 44.5 Å². The fourth-order valence-corrected chi connectivity index (χ4v) is 5.16. The van der Waals surface area contributed by atoms with Crippen LogP contribution in [0, 0.1) is 0 Å². The molecule has 1 saturated heterocycles. The summed E-state index contributed by atoms with van der Waals surface area (Å²) in [4.78, 5) is 4.85.